The van der Waals surface area contributed by atoms with Gasteiger partial charge in [-0.1, -0.05) is 66.7 Å². The van der Waals surface area contributed by atoms with Crippen molar-refractivity contribution in [1.29, 1.82) is 0 Å². The molecule has 0 saturated carbocycles. The van der Waals surface area contributed by atoms with E-state index in [1.165, 1.54) is 16.7 Å². The van der Waals surface area contributed by atoms with Crippen molar-refractivity contribution in [2.24, 2.45) is 0 Å². The van der Waals surface area contributed by atoms with Crippen LogP contribution in [-0.2, 0) is 19.4 Å². The van der Waals surface area contributed by atoms with Gasteiger partial charge in [0, 0.05) is 24.7 Å². The van der Waals surface area contributed by atoms with Gasteiger partial charge in [0.25, 0.3) is 5.91 Å². The molecule has 4 nitrogen and oxygen atoms in total. The molecule has 1 atom stereocenters. The number of nitrogens with zero attached hydrogens (tertiary/aromatic N) is 1. The highest BCUT2D eigenvalue weighted by Crippen LogP contribution is 2.28. The van der Waals surface area contributed by atoms with Gasteiger partial charge < -0.3 is 10.4 Å². The lowest BCUT2D eigenvalue weighted by molar-refractivity contribution is 0.0951. The van der Waals surface area contributed by atoms with E-state index in [-0.39, 0.29) is 5.91 Å². The van der Waals surface area contributed by atoms with Gasteiger partial charge in [-0.2, -0.15) is 0 Å². The number of carbonyl (C=O) groups is 1. The van der Waals surface area contributed by atoms with Crippen LogP contribution in [0.1, 0.15) is 45.5 Å². The van der Waals surface area contributed by atoms with Crippen LogP contribution in [0.2, 0.25) is 0 Å². The summed E-state index contributed by atoms with van der Waals surface area (Å²) in [6.45, 7) is 1.34. The van der Waals surface area contributed by atoms with Gasteiger partial charge in [-0.3, -0.25) is 9.69 Å². The van der Waals surface area contributed by atoms with Crippen LogP contribution in [-0.4, -0.2) is 35.5 Å². The molecule has 170 valence electrons. The molecule has 2 N–H and O–H groups in total. The van der Waals surface area contributed by atoms with Crippen molar-refractivity contribution in [3.63, 3.8) is 0 Å². The zero-order valence-corrected chi connectivity index (χ0v) is 19.2. The van der Waals surface area contributed by atoms with E-state index in [4.69, 9.17) is 0 Å². The minimum absolute atomic E-state index is 0.0171. The lowest BCUT2D eigenvalue weighted by Gasteiger charge is -2.33. The Morgan fingerprint density at radius 1 is 1.06 bits per heavy atom. The van der Waals surface area contributed by atoms with Gasteiger partial charge in [0.1, 0.15) is 5.75 Å². The largest absolute Gasteiger partial charge is 0.508 e. The van der Waals surface area contributed by atoms with E-state index in [1.807, 2.05) is 48.5 Å². The normalized spacial score (nSPS) is 15.5. The maximum absolute atomic E-state index is 12.9. The van der Waals surface area contributed by atoms with E-state index in [2.05, 4.69) is 47.6 Å². The molecular weight excluding hydrogens is 408 g/mol. The second-order valence-electron chi connectivity index (χ2n) is 8.78. The van der Waals surface area contributed by atoms with E-state index < -0.39 is 0 Å². The molecule has 0 aromatic heterocycles. The fourth-order valence-electron chi connectivity index (χ4n) is 4.52. The molecule has 33 heavy (non-hydrogen) atoms. The van der Waals surface area contributed by atoms with Gasteiger partial charge >= 0.3 is 0 Å². The molecule has 4 heteroatoms. The number of aryl methyl sites for hydroxylation is 1. The van der Waals surface area contributed by atoms with E-state index in [0.29, 0.717) is 18.3 Å². The highest BCUT2D eigenvalue weighted by atomic mass is 16.3. The number of phenols is 1. The predicted octanol–water partition coefficient (Wildman–Crippen LogP) is 5.21. The first-order chi connectivity index (χ1) is 16.1. The first-order valence-corrected chi connectivity index (χ1v) is 11.7. The number of aromatic hydroxyl groups is 1. The number of benzene rings is 3. The zero-order chi connectivity index (χ0) is 23.0. The van der Waals surface area contributed by atoms with Crippen LogP contribution in [0.25, 0.3) is 6.08 Å². The summed E-state index contributed by atoms with van der Waals surface area (Å²) in [6, 6.07) is 24.2. The molecular formula is C29H32N2O2. The Balaban J connectivity index is 1.32. The van der Waals surface area contributed by atoms with Crippen LogP contribution in [0.4, 0.5) is 0 Å². The Morgan fingerprint density at radius 3 is 2.70 bits per heavy atom. The number of amides is 1. The summed E-state index contributed by atoms with van der Waals surface area (Å²) < 4.78 is 0. The third kappa shape index (κ3) is 6.11. The average molecular weight is 441 g/mol. The molecule has 0 spiro atoms. The molecule has 0 fully saturated rings. The van der Waals surface area contributed by atoms with E-state index in [0.717, 1.165) is 43.4 Å². The Morgan fingerprint density at radius 2 is 1.85 bits per heavy atom. The molecule has 1 unspecified atom stereocenters. The standard InChI is InChI=1S/C29H32N2O2/c1-31(26-16-14-24-20-27(32)17-15-23(24)19-26)21-25-12-5-6-13-28(25)29(33)30-18-8-7-11-22-9-3-2-4-10-22/h2-7,9-13,15,17,20,26,32H,8,14,16,18-19,21H2,1H3,(H,30,33)/b11-7+. The topological polar surface area (TPSA) is 52.6 Å². The number of hydrogen-bond acceptors (Lipinski definition) is 3. The summed E-state index contributed by atoms with van der Waals surface area (Å²) >= 11 is 0. The monoisotopic (exact) mass is 440 g/mol. The fourth-order valence-corrected chi connectivity index (χ4v) is 4.52. The van der Waals surface area contributed by atoms with Gasteiger partial charge in [-0.25, -0.2) is 0 Å². The zero-order valence-electron chi connectivity index (χ0n) is 19.2. The Labute approximate surface area is 196 Å². The third-order valence-electron chi connectivity index (χ3n) is 6.40. The number of nitrogens with one attached hydrogen (secondary N) is 1. The number of carbonyl (C=O) groups excluding carboxylic acids is 1. The van der Waals surface area contributed by atoms with Gasteiger partial charge in [-0.15, -0.1) is 0 Å². The SMILES string of the molecule is CN(Cc1ccccc1C(=O)NCC/C=C/c1ccccc1)C1CCc2cc(O)ccc2C1. The quantitative estimate of drug-likeness (QED) is 0.473. The molecule has 3 aromatic rings. The van der Waals surface area contributed by atoms with Crippen molar-refractivity contribution in [3.8, 4) is 5.75 Å². The summed E-state index contributed by atoms with van der Waals surface area (Å²) in [7, 11) is 2.14. The molecule has 1 amide bonds. The number of fused-ring (bicyclic) bond motifs is 1. The highest BCUT2D eigenvalue weighted by Gasteiger charge is 2.23. The van der Waals surface area contributed by atoms with Gasteiger partial charge in [-0.05, 0) is 73.2 Å². The Hall–Kier alpha value is -3.37. The molecule has 0 heterocycles. The summed E-state index contributed by atoms with van der Waals surface area (Å²) in [5, 5.41) is 12.8. The van der Waals surface area contributed by atoms with Crippen LogP contribution in [0.3, 0.4) is 0 Å². The maximum Gasteiger partial charge on any atom is 0.251 e. The second-order valence-corrected chi connectivity index (χ2v) is 8.78. The van der Waals surface area contributed by atoms with Crippen molar-refractivity contribution in [2.45, 2.75) is 38.3 Å². The molecule has 0 aliphatic heterocycles. The van der Waals surface area contributed by atoms with Crippen molar-refractivity contribution >= 4 is 12.0 Å². The van der Waals surface area contributed by atoms with Crippen LogP contribution in [0.5, 0.6) is 5.75 Å². The molecule has 4 rings (SSSR count). The second kappa shape index (κ2) is 11.0. The number of likely N-dealkylation sites (N-methyl/N-ethyl adjacent to an activating group) is 1. The summed E-state index contributed by atoms with van der Waals surface area (Å²) in [5.74, 6) is 0.327. The number of rotatable bonds is 8. The summed E-state index contributed by atoms with van der Waals surface area (Å²) in [6.07, 6.45) is 7.95. The molecule has 0 radical (unpaired) electrons. The summed E-state index contributed by atoms with van der Waals surface area (Å²) in [4.78, 5) is 15.2. The van der Waals surface area contributed by atoms with Crippen LogP contribution in [0, 0.1) is 0 Å². The minimum atomic E-state index is -0.0171. The lowest BCUT2D eigenvalue weighted by Crippen LogP contribution is -2.36. The molecule has 1 aliphatic rings. The van der Waals surface area contributed by atoms with Crippen LogP contribution in [0.15, 0.2) is 78.9 Å². The first kappa shape index (κ1) is 22.8. The van der Waals surface area contributed by atoms with Crippen LogP contribution < -0.4 is 5.32 Å². The lowest BCUT2D eigenvalue weighted by atomic mass is 9.87. The van der Waals surface area contributed by atoms with E-state index >= 15 is 0 Å². The van der Waals surface area contributed by atoms with E-state index in [9.17, 15) is 9.90 Å². The average Bonchev–Trinajstić information content (AvgIpc) is 2.84. The van der Waals surface area contributed by atoms with Gasteiger partial charge in [0.05, 0.1) is 0 Å². The number of hydrogen-bond donors (Lipinski definition) is 2. The van der Waals surface area contributed by atoms with Gasteiger partial charge in [0.15, 0.2) is 0 Å². The van der Waals surface area contributed by atoms with Crippen molar-refractivity contribution in [3.05, 3.63) is 107 Å². The van der Waals surface area contributed by atoms with Gasteiger partial charge in [0.2, 0.25) is 0 Å². The Kier molecular flexibility index (Phi) is 7.59. The minimum Gasteiger partial charge on any atom is -0.508 e. The number of phenolic OH excluding ortho intramolecular Hbond substituents is 1. The smallest absolute Gasteiger partial charge is 0.251 e. The molecule has 0 saturated heterocycles. The fraction of sp³-hybridized carbons (Fsp3) is 0.276. The van der Waals surface area contributed by atoms with Crippen LogP contribution >= 0.6 is 0 Å². The highest BCUT2D eigenvalue weighted by molar-refractivity contribution is 5.95. The molecule has 3 aromatic carbocycles. The summed E-state index contributed by atoms with van der Waals surface area (Å²) in [5.41, 5.74) is 5.52. The van der Waals surface area contributed by atoms with Crippen molar-refractivity contribution in [2.75, 3.05) is 13.6 Å². The first-order valence-electron chi connectivity index (χ1n) is 11.7. The van der Waals surface area contributed by atoms with Crippen molar-refractivity contribution < 1.29 is 9.90 Å². The van der Waals surface area contributed by atoms with Crippen molar-refractivity contribution in [1.82, 2.24) is 10.2 Å². The van der Waals surface area contributed by atoms with E-state index in [1.54, 1.807) is 6.07 Å². The molecule has 0 bridgehead atoms. The Bertz CT molecular complexity index is 1110. The predicted molar refractivity (Wildman–Crippen MR) is 134 cm³/mol. The molecule has 1 aliphatic carbocycles. The third-order valence-corrected chi connectivity index (χ3v) is 6.40. The maximum atomic E-state index is 12.9.